The number of halogens is 2. The van der Waals surface area contributed by atoms with Gasteiger partial charge in [-0.1, -0.05) is 17.4 Å². The fourth-order valence-electron chi connectivity index (χ4n) is 2.82. The zero-order valence-electron chi connectivity index (χ0n) is 15.7. The van der Waals surface area contributed by atoms with E-state index in [1.54, 1.807) is 35.3 Å². The van der Waals surface area contributed by atoms with Crippen LogP contribution in [0.5, 0.6) is 0 Å². The third-order valence-electron chi connectivity index (χ3n) is 4.28. The van der Waals surface area contributed by atoms with Crippen molar-refractivity contribution in [2.75, 3.05) is 4.90 Å². The van der Waals surface area contributed by atoms with Crippen molar-refractivity contribution in [3.63, 3.8) is 0 Å². The Balaban J connectivity index is 1.77. The number of pyridine rings is 1. The molecule has 6 nitrogen and oxygen atoms in total. The molecule has 3 aromatic heterocycles. The maximum absolute atomic E-state index is 14.1. The fraction of sp³-hybridized carbons (Fsp3) is 0.200. The van der Waals surface area contributed by atoms with Crippen molar-refractivity contribution in [2.24, 2.45) is 0 Å². The lowest BCUT2D eigenvalue weighted by molar-refractivity contribution is 0.0979. The van der Waals surface area contributed by atoms with Gasteiger partial charge in [-0.15, -0.1) is 0 Å². The molecule has 0 bridgehead atoms. The summed E-state index contributed by atoms with van der Waals surface area (Å²) in [5.41, 5.74) is 0.897. The lowest BCUT2D eigenvalue weighted by atomic mass is 10.3. The fourth-order valence-corrected chi connectivity index (χ4v) is 3.82. The van der Waals surface area contributed by atoms with Crippen LogP contribution in [0, 0.1) is 11.6 Å². The smallest absolute Gasteiger partial charge is 0.276 e. The Kier molecular flexibility index (Phi) is 5.06. The van der Waals surface area contributed by atoms with E-state index in [2.05, 4.69) is 15.1 Å². The highest BCUT2D eigenvalue weighted by Crippen LogP contribution is 2.32. The molecule has 148 valence electrons. The molecule has 29 heavy (non-hydrogen) atoms. The van der Waals surface area contributed by atoms with Gasteiger partial charge in [0.15, 0.2) is 16.6 Å². The molecule has 0 N–H and O–H groups in total. The van der Waals surface area contributed by atoms with Crippen LogP contribution in [0.4, 0.5) is 13.9 Å². The average molecular weight is 413 g/mol. The SMILES string of the molecule is CC(C)n1ccc(C(=O)N(Cc2ccccn2)c2nc3c(F)cc(F)cc3s2)n1. The molecule has 0 radical (unpaired) electrons. The van der Waals surface area contributed by atoms with Crippen LogP contribution in [-0.4, -0.2) is 25.7 Å². The lowest BCUT2D eigenvalue weighted by Gasteiger charge is -2.18. The molecule has 0 saturated heterocycles. The van der Waals surface area contributed by atoms with E-state index in [-0.39, 0.29) is 28.9 Å². The highest BCUT2D eigenvalue weighted by atomic mass is 32.1. The van der Waals surface area contributed by atoms with Crippen LogP contribution in [0.1, 0.15) is 36.1 Å². The van der Waals surface area contributed by atoms with Gasteiger partial charge in [-0.2, -0.15) is 5.10 Å². The first kappa shape index (κ1) is 19.1. The number of anilines is 1. The van der Waals surface area contributed by atoms with Gasteiger partial charge in [0.05, 0.1) is 16.9 Å². The van der Waals surface area contributed by atoms with E-state index in [0.29, 0.717) is 10.4 Å². The number of thiazole rings is 1. The first-order chi connectivity index (χ1) is 13.9. The molecular formula is C20H17F2N5OS. The molecule has 3 heterocycles. The number of benzene rings is 1. The molecule has 0 aliphatic rings. The maximum Gasteiger partial charge on any atom is 0.280 e. The van der Waals surface area contributed by atoms with Crippen LogP contribution in [-0.2, 0) is 6.54 Å². The Morgan fingerprint density at radius 3 is 2.76 bits per heavy atom. The summed E-state index contributed by atoms with van der Waals surface area (Å²) in [6, 6.07) is 9.07. The second-order valence-electron chi connectivity index (χ2n) is 6.72. The van der Waals surface area contributed by atoms with E-state index in [9.17, 15) is 13.6 Å². The molecular weight excluding hydrogens is 396 g/mol. The number of hydrogen-bond acceptors (Lipinski definition) is 5. The number of carbonyl (C=O) groups excluding carboxylic acids is 1. The number of hydrogen-bond donors (Lipinski definition) is 0. The van der Waals surface area contributed by atoms with Crippen LogP contribution in [0.3, 0.4) is 0 Å². The van der Waals surface area contributed by atoms with Gasteiger partial charge >= 0.3 is 0 Å². The second-order valence-corrected chi connectivity index (χ2v) is 7.73. The largest absolute Gasteiger partial charge is 0.280 e. The average Bonchev–Trinajstić information content (AvgIpc) is 3.34. The van der Waals surface area contributed by atoms with Crippen molar-refractivity contribution in [1.82, 2.24) is 19.7 Å². The third kappa shape index (κ3) is 3.86. The predicted molar refractivity (Wildman–Crippen MR) is 107 cm³/mol. The molecule has 0 atom stereocenters. The molecule has 4 rings (SSSR count). The molecule has 1 amide bonds. The zero-order valence-corrected chi connectivity index (χ0v) is 16.5. The lowest BCUT2D eigenvalue weighted by Crippen LogP contribution is -2.31. The van der Waals surface area contributed by atoms with Gasteiger partial charge in [-0.3, -0.25) is 19.4 Å². The monoisotopic (exact) mass is 413 g/mol. The maximum atomic E-state index is 14.1. The molecule has 0 spiro atoms. The minimum absolute atomic E-state index is 0.0259. The summed E-state index contributed by atoms with van der Waals surface area (Å²) in [5.74, 6) is -1.85. The van der Waals surface area contributed by atoms with Crippen LogP contribution >= 0.6 is 11.3 Å². The first-order valence-corrected chi connectivity index (χ1v) is 9.76. The number of nitrogens with zero attached hydrogens (tertiary/aromatic N) is 5. The summed E-state index contributed by atoms with van der Waals surface area (Å²) in [6.45, 7) is 4.04. The van der Waals surface area contributed by atoms with Gasteiger partial charge in [-0.05, 0) is 38.1 Å². The molecule has 0 saturated carbocycles. The predicted octanol–water partition coefficient (Wildman–Crippen LogP) is 4.59. The van der Waals surface area contributed by atoms with Crippen LogP contribution < -0.4 is 4.90 Å². The quantitative estimate of drug-likeness (QED) is 0.480. The van der Waals surface area contributed by atoms with E-state index in [4.69, 9.17) is 0 Å². The Morgan fingerprint density at radius 1 is 1.24 bits per heavy atom. The van der Waals surface area contributed by atoms with Crippen LogP contribution in [0.2, 0.25) is 0 Å². The zero-order chi connectivity index (χ0) is 20.5. The second kappa shape index (κ2) is 7.67. The van der Waals surface area contributed by atoms with Gasteiger partial charge in [0, 0.05) is 24.5 Å². The molecule has 0 fully saturated rings. The molecule has 0 unspecified atom stereocenters. The summed E-state index contributed by atoms with van der Waals surface area (Å²) in [7, 11) is 0. The van der Waals surface area contributed by atoms with Gasteiger partial charge < -0.3 is 0 Å². The Hall–Kier alpha value is -3.20. The normalized spacial score (nSPS) is 11.3. The number of carbonyl (C=O) groups is 1. The first-order valence-electron chi connectivity index (χ1n) is 8.95. The van der Waals surface area contributed by atoms with Crippen LogP contribution in [0.15, 0.2) is 48.8 Å². The van der Waals surface area contributed by atoms with Crippen LogP contribution in [0.25, 0.3) is 10.2 Å². The minimum Gasteiger partial charge on any atom is -0.276 e. The number of amides is 1. The van der Waals surface area contributed by atoms with E-state index in [1.807, 2.05) is 19.9 Å². The standard InChI is InChI=1S/C20H17F2N5OS/c1-12(2)27-8-6-16(25-27)19(28)26(11-14-5-3-4-7-23-14)20-24-18-15(22)9-13(21)10-17(18)29-20/h3-10,12H,11H2,1-2H3. The van der Waals surface area contributed by atoms with Crippen molar-refractivity contribution in [1.29, 1.82) is 0 Å². The van der Waals surface area contributed by atoms with E-state index in [0.717, 1.165) is 17.4 Å². The number of rotatable bonds is 5. The van der Waals surface area contributed by atoms with Gasteiger partial charge in [0.25, 0.3) is 5.91 Å². The van der Waals surface area contributed by atoms with Gasteiger partial charge in [0.2, 0.25) is 0 Å². The Morgan fingerprint density at radius 2 is 2.07 bits per heavy atom. The summed E-state index contributed by atoms with van der Waals surface area (Å²) in [6.07, 6.45) is 3.35. The van der Waals surface area contributed by atoms with E-state index < -0.39 is 17.5 Å². The van der Waals surface area contributed by atoms with Crippen molar-refractivity contribution in [3.8, 4) is 0 Å². The third-order valence-corrected chi connectivity index (χ3v) is 5.31. The molecule has 0 aliphatic heterocycles. The van der Waals surface area contributed by atoms with Gasteiger partial charge in [-0.25, -0.2) is 13.8 Å². The summed E-state index contributed by atoms with van der Waals surface area (Å²) < 4.78 is 29.7. The summed E-state index contributed by atoms with van der Waals surface area (Å²) >= 11 is 1.04. The van der Waals surface area contributed by atoms with E-state index in [1.165, 1.54) is 11.0 Å². The molecule has 0 aliphatic carbocycles. The van der Waals surface area contributed by atoms with Crippen molar-refractivity contribution in [3.05, 3.63) is 71.8 Å². The highest BCUT2D eigenvalue weighted by molar-refractivity contribution is 7.22. The summed E-state index contributed by atoms with van der Waals surface area (Å²) in [5, 5.41) is 4.58. The molecule has 4 aromatic rings. The van der Waals surface area contributed by atoms with Crippen molar-refractivity contribution < 1.29 is 13.6 Å². The highest BCUT2D eigenvalue weighted by Gasteiger charge is 2.25. The number of aromatic nitrogens is 4. The molecule has 1 aromatic carbocycles. The summed E-state index contributed by atoms with van der Waals surface area (Å²) in [4.78, 5) is 23.1. The Labute approximate surface area is 169 Å². The molecule has 9 heteroatoms. The van der Waals surface area contributed by atoms with Gasteiger partial charge in [0.1, 0.15) is 11.3 Å². The van der Waals surface area contributed by atoms with Crippen molar-refractivity contribution >= 4 is 32.6 Å². The number of fused-ring (bicyclic) bond motifs is 1. The van der Waals surface area contributed by atoms with E-state index >= 15 is 0 Å². The minimum atomic E-state index is -0.767. The van der Waals surface area contributed by atoms with Crippen molar-refractivity contribution in [2.45, 2.75) is 26.4 Å². The topological polar surface area (TPSA) is 63.9 Å². The Bertz CT molecular complexity index is 1170.